The summed E-state index contributed by atoms with van der Waals surface area (Å²) in [6, 6.07) is 15.0. The van der Waals surface area contributed by atoms with Gasteiger partial charge in [-0.25, -0.2) is 0 Å². The van der Waals surface area contributed by atoms with E-state index in [9.17, 15) is 9.90 Å². The van der Waals surface area contributed by atoms with Crippen LogP contribution in [0.3, 0.4) is 0 Å². The van der Waals surface area contributed by atoms with E-state index in [4.69, 9.17) is 4.74 Å². The molecule has 0 spiro atoms. The summed E-state index contributed by atoms with van der Waals surface area (Å²) in [4.78, 5) is 12.1. The standard InChI is InChI=1S/C24H30O3/c1-2-3-18-4-9-20(10-5-18)21-11-15-23(16-12-21)27-24(26)17-8-19-6-13-22(25)14-7-19/h6-7,11-16,18,20,25H,2-5,8-10,17H2,1H3. The molecule has 27 heavy (non-hydrogen) atoms. The smallest absolute Gasteiger partial charge is 0.311 e. The molecule has 0 atom stereocenters. The highest BCUT2D eigenvalue weighted by atomic mass is 16.5. The molecule has 0 saturated heterocycles. The van der Waals surface area contributed by atoms with E-state index in [1.54, 1.807) is 12.1 Å². The quantitative estimate of drug-likeness (QED) is 0.482. The molecular formula is C24H30O3. The Labute approximate surface area is 162 Å². The van der Waals surface area contributed by atoms with Crippen molar-refractivity contribution < 1.29 is 14.6 Å². The number of benzene rings is 2. The molecule has 3 nitrogen and oxygen atoms in total. The first-order chi connectivity index (χ1) is 13.1. The molecule has 0 aromatic heterocycles. The Morgan fingerprint density at radius 2 is 1.67 bits per heavy atom. The maximum Gasteiger partial charge on any atom is 0.311 e. The second kappa shape index (κ2) is 9.59. The maximum absolute atomic E-state index is 12.1. The van der Waals surface area contributed by atoms with Gasteiger partial charge in [-0.05, 0) is 79.3 Å². The van der Waals surface area contributed by atoms with E-state index in [0.29, 0.717) is 24.5 Å². The summed E-state index contributed by atoms with van der Waals surface area (Å²) in [5.41, 5.74) is 2.38. The highest BCUT2D eigenvalue weighted by Crippen LogP contribution is 2.37. The van der Waals surface area contributed by atoms with E-state index in [-0.39, 0.29) is 11.7 Å². The second-order valence-electron chi connectivity index (χ2n) is 7.72. The molecule has 1 aliphatic carbocycles. The van der Waals surface area contributed by atoms with E-state index in [2.05, 4.69) is 19.1 Å². The number of hydrogen-bond acceptors (Lipinski definition) is 3. The number of aryl methyl sites for hydroxylation is 1. The molecule has 1 aliphatic rings. The van der Waals surface area contributed by atoms with Gasteiger partial charge in [0.2, 0.25) is 0 Å². The number of phenolic OH excluding ortho intramolecular Hbond substituents is 1. The summed E-state index contributed by atoms with van der Waals surface area (Å²) >= 11 is 0. The van der Waals surface area contributed by atoms with Crippen molar-refractivity contribution in [3.8, 4) is 11.5 Å². The minimum atomic E-state index is -0.226. The first-order valence-electron chi connectivity index (χ1n) is 10.2. The van der Waals surface area contributed by atoms with Gasteiger partial charge in [0.05, 0.1) is 0 Å². The Kier molecular flexibility index (Phi) is 6.92. The monoisotopic (exact) mass is 366 g/mol. The summed E-state index contributed by atoms with van der Waals surface area (Å²) in [6.45, 7) is 2.27. The SMILES string of the molecule is CCCC1CCC(c2ccc(OC(=O)CCc3ccc(O)cc3)cc2)CC1. The van der Waals surface area contributed by atoms with Crippen molar-refractivity contribution in [2.45, 2.75) is 64.2 Å². The van der Waals surface area contributed by atoms with Gasteiger partial charge in [0.1, 0.15) is 11.5 Å². The van der Waals surface area contributed by atoms with Crippen LogP contribution in [-0.2, 0) is 11.2 Å². The van der Waals surface area contributed by atoms with Crippen LogP contribution in [0, 0.1) is 5.92 Å². The number of carbonyl (C=O) groups is 1. The second-order valence-corrected chi connectivity index (χ2v) is 7.72. The average molecular weight is 367 g/mol. The Balaban J connectivity index is 1.46. The van der Waals surface area contributed by atoms with Gasteiger partial charge in [0.15, 0.2) is 0 Å². The number of phenols is 1. The highest BCUT2D eigenvalue weighted by Gasteiger charge is 2.21. The average Bonchev–Trinajstić information content (AvgIpc) is 2.69. The molecule has 0 heterocycles. The van der Waals surface area contributed by atoms with Crippen molar-refractivity contribution in [2.24, 2.45) is 5.92 Å². The van der Waals surface area contributed by atoms with Crippen LogP contribution >= 0.6 is 0 Å². The zero-order valence-electron chi connectivity index (χ0n) is 16.2. The first-order valence-corrected chi connectivity index (χ1v) is 10.2. The predicted molar refractivity (Wildman–Crippen MR) is 108 cm³/mol. The van der Waals surface area contributed by atoms with Crippen LogP contribution in [0.15, 0.2) is 48.5 Å². The van der Waals surface area contributed by atoms with Crippen molar-refractivity contribution in [1.82, 2.24) is 0 Å². The van der Waals surface area contributed by atoms with Crippen molar-refractivity contribution in [2.75, 3.05) is 0 Å². The zero-order chi connectivity index (χ0) is 19.1. The fraction of sp³-hybridized carbons (Fsp3) is 0.458. The van der Waals surface area contributed by atoms with E-state index in [0.717, 1.165) is 11.5 Å². The normalized spacial score (nSPS) is 19.6. The largest absolute Gasteiger partial charge is 0.508 e. The molecule has 0 amide bonds. The number of carbonyl (C=O) groups excluding carboxylic acids is 1. The van der Waals surface area contributed by atoms with Crippen LogP contribution in [0.1, 0.15) is 68.9 Å². The van der Waals surface area contributed by atoms with Crippen LogP contribution in [0.5, 0.6) is 11.5 Å². The van der Waals surface area contributed by atoms with Gasteiger partial charge in [-0.2, -0.15) is 0 Å². The molecule has 2 aromatic rings. The number of aromatic hydroxyl groups is 1. The lowest BCUT2D eigenvalue weighted by Gasteiger charge is -2.28. The lowest BCUT2D eigenvalue weighted by molar-refractivity contribution is -0.134. The van der Waals surface area contributed by atoms with Crippen LogP contribution < -0.4 is 4.74 Å². The van der Waals surface area contributed by atoms with Crippen molar-refractivity contribution >= 4 is 5.97 Å². The summed E-state index contributed by atoms with van der Waals surface area (Å²) < 4.78 is 5.46. The molecule has 1 fully saturated rings. The third-order valence-electron chi connectivity index (χ3n) is 5.68. The Morgan fingerprint density at radius 3 is 2.30 bits per heavy atom. The minimum absolute atomic E-state index is 0.226. The summed E-state index contributed by atoms with van der Waals surface area (Å²) in [7, 11) is 0. The Morgan fingerprint density at radius 1 is 1.00 bits per heavy atom. The lowest BCUT2D eigenvalue weighted by Crippen LogP contribution is -2.13. The molecule has 3 rings (SSSR count). The van der Waals surface area contributed by atoms with Gasteiger partial charge in [0.25, 0.3) is 0 Å². The fourth-order valence-electron chi connectivity index (χ4n) is 4.09. The zero-order valence-corrected chi connectivity index (χ0v) is 16.2. The van der Waals surface area contributed by atoms with E-state index >= 15 is 0 Å². The number of esters is 1. The van der Waals surface area contributed by atoms with Crippen molar-refractivity contribution in [3.63, 3.8) is 0 Å². The topological polar surface area (TPSA) is 46.5 Å². The van der Waals surface area contributed by atoms with Gasteiger partial charge in [0, 0.05) is 6.42 Å². The molecule has 0 unspecified atom stereocenters. The van der Waals surface area contributed by atoms with Crippen LogP contribution in [0.25, 0.3) is 0 Å². The molecule has 0 bridgehead atoms. The third kappa shape index (κ3) is 5.85. The fourth-order valence-corrected chi connectivity index (χ4v) is 4.09. The van der Waals surface area contributed by atoms with Gasteiger partial charge >= 0.3 is 5.97 Å². The predicted octanol–water partition coefficient (Wildman–Crippen LogP) is 6.00. The third-order valence-corrected chi connectivity index (χ3v) is 5.68. The molecule has 0 radical (unpaired) electrons. The summed E-state index contributed by atoms with van der Waals surface area (Å²) in [5.74, 6) is 2.20. The number of rotatable bonds is 7. The van der Waals surface area contributed by atoms with Gasteiger partial charge in [-0.3, -0.25) is 4.79 Å². The van der Waals surface area contributed by atoms with Crippen LogP contribution in [0.4, 0.5) is 0 Å². The first kappa shape index (κ1) is 19.5. The highest BCUT2D eigenvalue weighted by molar-refractivity contribution is 5.72. The maximum atomic E-state index is 12.1. The van der Waals surface area contributed by atoms with Gasteiger partial charge in [-0.1, -0.05) is 44.0 Å². The van der Waals surface area contributed by atoms with Crippen LogP contribution in [-0.4, -0.2) is 11.1 Å². The van der Waals surface area contributed by atoms with Crippen LogP contribution in [0.2, 0.25) is 0 Å². The molecular weight excluding hydrogens is 336 g/mol. The molecule has 0 aliphatic heterocycles. The Hall–Kier alpha value is -2.29. The van der Waals surface area contributed by atoms with Gasteiger partial charge in [-0.15, -0.1) is 0 Å². The number of hydrogen-bond donors (Lipinski definition) is 1. The summed E-state index contributed by atoms with van der Waals surface area (Å²) in [5, 5.41) is 9.29. The van der Waals surface area contributed by atoms with Gasteiger partial charge < -0.3 is 9.84 Å². The molecule has 144 valence electrons. The molecule has 3 heteroatoms. The lowest BCUT2D eigenvalue weighted by atomic mass is 9.77. The molecule has 2 aromatic carbocycles. The Bertz CT molecular complexity index is 710. The van der Waals surface area contributed by atoms with E-state index in [1.165, 1.54) is 44.1 Å². The molecule has 1 saturated carbocycles. The molecule has 1 N–H and O–H groups in total. The van der Waals surface area contributed by atoms with Crippen molar-refractivity contribution in [1.29, 1.82) is 0 Å². The minimum Gasteiger partial charge on any atom is -0.508 e. The summed E-state index contributed by atoms with van der Waals surface area (Å²) in [6.07, 6.45) is 8.83. The number of ether oxygens (including phenoxy) is 1. The van der Waals surface area contributed by atoms with Crippen molar-refractivity contribution in [3.05, 3.63) is 59.7 Å². The van der Waals surface area contributed by atoms with E-state index in [1.807, 2.05) is 24.3 Å². The van der Waals surface area contributed by atoms with E-state index < -0.39 is 0 Å².